The van der Waals surface area contributed by atoms with Crippen molar-refractivity contribution >= 4 is 11.8 Å². The Morgan fingerprint density at radius 1 is 1.27 bits per heavy atom. The van der Waals surface area contributed by atoms with Crippen molar-refractivity contribution < 1.29 is 24.2 Å². The fourth-order valence-electron chi connectivity index (χ4n) is 2.51. The molecule has 1 atom stereocenters. The number of ether oxygens (including phenoxy) is 2. The zero-order valence-electron chi connectivity index (χ0n) is 11.9. The molecule has 0 fully saturated rings. The summed E-state index contributed by atoms with van der Waals surface area (Å²) in [6.07, 6.45) is -0.521. The van der Waals surface area contributed by atoms with Crippen LogP contribution in [-0.2, 0) is 4.74 Å². The van der Waals surface area contributed by atoms with Gasteiger partial charge >= 0.3 is 5.97 Å². The van der Waals surface area contributed by atoms with E-state index in [2.05, 4.69) is 0 Å². The van der Waals surface area contributed by atoms with Gasteiger partial charge < -0.3 is 14.6 Å². The molecule has 0 spiro atoms. The zero-order valence-corrected chi connectivity index (χ0v) is 11.9. The van der Waals surface area contributed by atoms with E-state index < -0.39 is 12.1 Å². The maximum absolute atomic E-state index is 12.4. The Hall–Kier alpha value is -2.82. The molecule has 2 aromatic carbocycles. The highest BCUT2D eigenvalue weighted by molar-refractivity contribution is 5.99. The fraction of sp³-hybridized carbons (Fsp3) is 0.176. The van der Waals surface area contributed by atoms with Gasteiger partial charge in [-0.1, -0.05) is 18.2 Å². The van der Waals surface area contributed by atoms with Crippen LogP contribution in [0.25, 0.3) is 0 Å². The number of fused-ring (bicyclic) bond motifs is 1. The molecule has 0 aromatic heterocycles. The number of methoxy groups -OCH3 is 1. The lowest BCUT2D eigenvalue weighted by molar-refractivity contribution is 0.0367. The molecule has 5 heteroatoms. The molecule has 1 N–H and O–H groups in total. The second-order valence-corrected chi connectivity index (χ2v) is 5.00. The number of rotatable bonds is 4. The minimum Gasteiger partial charge on any atom is -0.504 e. The molecule has 5 nitrogen and oxygen atoms in total. The number of phenolic OH excluding ortho intramolecular Hbond substituents is 1. The van der Waals surface area contributed by atoms with Crippen LogP contribution in [0, 0.1) is 0 Å². The molecule has 1 heterocycles. The summed E-state index contributed by atoms with van der Waals surface area (Å²) in [6, 6.07) is 11.4. The lowest BCUT2D eigenvalue weighted by atomic mass is 9.98. The van der Waals surface area contributed by atoms with E-state index in [0.717, 1.165) is 5.56 Å². The number of benzene rings is 2. The highest BCUT2D eigenvalue weighted by atomic mass is 16.5. The Kier molecular flexibility index (Phi) is 3.55. The van der Waals surface area contributed by atoms with Crippen LogP contribution in [0.5, 0.6) is 11.5 Å². The first-order chi connectivity index (χ1) is 10.6. The molecule has 0 saturated heterocycles. The summed E-state index contributed by atoms with van der Waals surface area (Å²) in [4.78, 5) is 24.1. The third-order valence-electron chi connectivity index (χ3n) is 3.65. The van der Waals surface area contributed by atoms with E-state index >= 15 is 0 Å². The molecular weight excluding hydrogens is 284 g/mol. The summed E-state index contributed by atoms with van der Waals surface area (Å²) in [5.41, 5.74) is 1.63. The molecule has 0 saturated carbocycles. The Balaban J connectivity index is 1.82. The van der Waals surface area contributed by atoms with Crippen molar-refractivity contribution in [1.29, 1.82) is 0 Å². The lowest BCUT2D eigenvalue weighted by Crippen LogP contribution is -2.08. The van der Waals surface area contributed by atoms with E-state index in [1.54, 1.807) is 18.2 Å². The maximum Gasteiger partial charge on any atom is 0.339 e. The van der Waals surface area contributed by atoms with Crippen molar-refractivity contribution in [1.82, 2.24) is 0 Å². The van der Waals surface area contributed by atoms with E-state index in [0.29, 0.717) is 11.1 Å². The van der Waals surface area contributed by atoms with E-state index in [1.165, 1.54) is 25.3 Å². The second kappa shape index (κ2) is 5.52. The van der Waals surface area contributed by atoms with Gasteiger partial charge in [-0.25, -0.2) is 4.79 Å². The number of Topliss-reactive ketones (excluding diaryl/α,β-unsaturated/α-hetero) is 1. The van der Waals surface area contributed by atoms with Crippen LogP contribution in [-0.4, -0.2) is 24.0 Å². The number of carbonyl (C=O) groups is 2. The molecule has 0 bridgehead atoms. The predicted octanol–water partition coefficient (Wildman–Crippen LogP) is 2.89. The average molecular weight is 298 g/mol. The van der Waals surface area contributed by atoms with Crippen LogP contribution in [0.3, 0.4) is 0 Å². The Morgan fingerprint density at radius 3 is 2.82 bits per heavy atom. The highest BCUT2D eigenvalue weighted by Gasteiger charge is 2.32. The van der Waals surface area contributed by atoms with Gasteiger partial charge in [-0.05, 0) is 24.3 Å². The molecule has 0 unspecified atom stereocenters. The molecule has 112 valence electrons. The predicted molar refractivity (Wildman–Crippen MR) is 78.2 cm³/mol. The molecule has 0 amide bonds. The molecule has 22 heavy (non-hydrogen) atoms. The third-order valence-corrected chi connectivity index (χ3v) is 3.65. The number of hydrogen-bond acceptors (Lipinski definition) is 5. The van der Waals surface area contributed by atoms with E-state index in [9.17, 15) is 14.7 Å². The Morgan fingerprint density at radius 2 is 2.05 bits per heavy atom. The molecule has 0 radical (unpaired) electrons. The van der Waals surface area contributed by atoms with Crippen LogP contribution < -0.4 is 4.74 Å². The molecule has 1 aliphatic rings. The first kappa shape index (κ1) is 14.1. The summed E-state index contributed by atoms with van der Waals surface area (Å²) < 4.78 is 10.3. The topological polar surface area (TPSA) is 72.8 Å². The van der Waals surface area contributed by atoms with Crippen molar-refractivity contribution in [3.63, 3.8) is 0 Å². The van der Waals surface area contributed by atoms with Gasteiger partial charge in [0.2, 0.25) is 0 Å². The number of carbonyl (C=O) groups excluding carboxylic acids is 2. The van der Waals surface area contributed by atoms with Gasteiger partial charge in [0.05, 0.1) is 19.1 Å². The van der Waals surface area contributed by atoms with Crippen LogP contribution >= 0.6 is 0 Å². The fourth-order valence-corrected chi connectivity index (χ4v) is 2.51. The standard InChI is InChI=1S/C17H14O5/c1-21-16-8-10(6-7-13(16)18)14(19)9-15-11-4-2-3-5-12(11)17(20)22-15/h2-8,15,18H,9H2,1H3/t15-/m1/s1. The van der Waals surface area contributed by atoms with Gasteiger partial charge in [-0.2, -0.15) is 0 Å². The van der Waals surface area contributed by atoms with Gasteiger partial charge in [-0.15, -0.1) is 0 Å². The number of hydrogen-bond donors (Lipinski definition) is 1. The summed E-state index contributed by atoms with van der Waals surface area (Å²) in [6.45, 7) is 0. The molecular formula is C17H14O5. The number of esters is 1. The van der Waals surface area contributed by atoms with Gasteiger partial charge in [0.15, 0.2) is 17.3 Å². The smallest absolute Gasteiger partial charge is 0.339 e. The van der Waals surface area contributed by atoms with Crippen molar-refractivity contribution in [2.24, 2.45) is 0 Å². The monoisotopic (exact) mass is 298 g/mol. The first-order valence-corrected chi connectivity index (χ1v) is 6.80. The van der Waals surface area contributed by atoms with Crippen LogP contribution in [0.15, 0.2) is 42.5 Å². The molecule has 0 aliphatic carbocycles. The van der Waals surface area contributed by atoms with E-state index in [4.69, 9.17) is 9.47 Å². The summed E-state index contributed by atoms with van der Waals surface area (Å²) in [7, 11) is 1.41. The van der Waals surface area contributed by atoms with Crippen molar-refractivity contribution in [2.45, 2.75) is 12.5 Å². The second-order valence-electron chi connectivity index (χ2n) is 5.00. The minimum absolute atomic E-state index is 0.0308. The van der Waals surface area contributed by atoms with Gasteiger partial charge in [-0.3, -0.25) is 4.79 Å². The molecule has 2 aromatic rings. The number of ketones is 1. The van der Waals surface area contributed by atoms with Crippen LogP contribution in [0.2, 0.25) is 0 Å². The van der Waals surface area contributed by atoms with E-state index in [1.807, 2.05) is 6.07 Å². The summed E-state index contributed by atoms with van der Waals surface area (Å²) >= 11 is 0. The number of cyclic esters (lactones) is 1. The van der Waals surface area contributed by atoms with E-state index in [-0.39, 0.29) is 23.7 Å². The third kappa shape index (κ3) is 2.41. The summed E-state index contributed by atoms with van der Waals surface area (Å²) in [5.74, 6) is -0.393. The largest absolute Gasteiger partial charge is 0.504 e. The maximum atomic E-state index is 12.4. The molecule has 1 aliphatic heterocycles. The average Bonchev–Trinajstić information content (AvgIpc) is 2.84. The normalized spacial score (nSPS) is 16.0. The van der Waals surface area contributed by atoms with Crippen LogP contribution in [0.4, 0.5) is 0 Å². The van der Waals surface area contributed by atoms with Crippen molar-refractivity contribution in [3.05, 3.63) is 59.2 Å². The zero-order chi connectivity index (χ0) is 15.7. The summed E-state index contributed by atoms with van der Waals surface area (Å²) in [5, 5.41) is 9.56. The minimum atomic E-state index is -0.573. The first-order valence-electron chi connectivity index (χ1n) is 6.80. The van der Waals surface area contributed by atoms with Gasteiger partial charge in [0.1, 0.15) is 6.10 Å². The number of aromatic hydroxyl groups is 1. The quantitative estimate of drug-likeness (QED) is 0.694. The Bertz CT molecular complexity index is 750. The van der Waals surface area contributed by atoms with Gasteiger partial charge in [0, 0.05) is 11.1 Å². The number of phenols is 1. The SMILES string of the molecule is COc1cc(C(=O)C[C@H]2OC(=O)c3ccccc32)ccc1O. The molecule has 3 rings (SSSR count). The highest BCUT2D eigenvalue weighted by Crippen LogP contribution is 2.34. The Labute approximate surface area is 127 Å². The van der Waals surface area contributed by atoms with Gasteiger partial charge in [0.25, 0.3) is 0 Å². The van der Waals surface area contributed by atoms with Crippen molar-refractivity contribution in [2.75, 3.05) is 7.11 Å². The van der Waals surface area contributed by atoms with Crippen molar-refractivity contribution in [3.8, 4) is 11.5 Å². The lowest BCUT2D eigenvalue weighted by Gasteiger charge is -2.11. The van der Waals surface area contributed by atoms with Crippen LogP contribution in [0.1, 0.15) is 38.8 Å².